The summed E-state index contributed by atoms with van der Waals surface area (Å²) in [5.41, 5.74) is 1.24. The third-order valence-electron chi connectivity index (χ3n) is 5.00. The number of aryl methyl sites for hydroxylation is 1. The maximum atomic E-state index is 13.0. The first-order valence-corrected chi connectivity index (χ1v) is 9.37. The van der Waals surface area contributed by atoms with Crippen LogP contribution in [-0.2, 0) is 17.5 Å². The lowest BCUT2D eigenvalue weighted by Crippen LogP contribution is -2.54. The molecule has 5 nitrogen and oxygen atoms in total. The van der Waals surface area contributed by atoms with Gasteiger partial charge < -0.3 is 9.80 Å². The molecule has 1 unspecified atom stereocenters. The summed E-state index contributed by atoms with van der Waals surface area (Å²) in [4.78, 5) is 16.6. The fourth-order valence-electron chi connectivity index (χ4n) is 3.46. The van der Waals surface area contributed by atoms with Crippen molar-refractivity contribution in [2.24, 2.45) is 0 Å². The Morgan fingerprint density at radius 3 is 2.57 bits per heavy atom. The lowest BCUT2D eigenvalue weighted by molar-refractivity contribution is -0.142. The lowest BCUT2D eigenvalue weighted by Gasteiger charge is -2.41. The van der Waals surface area contributed by atoms with Crippen LogP contribution in [0.3, 0.4) is 0 Å². The highest BCUT2D eigenvalue weighted by Crippen LogP contribution is 2.35. The van der Waals surface area contributed by atoms with Crippen LogP contribution in [0.5, 0.6) is 0 Å². The Balaban J connectivity index is 1.69. The minimum atomic E-state index is -4.65. The zero-order chi connectivity index (χ0) is 20.6. The molecule has 1 fully saturated rings. The van der Waals surface area contributed by atoms with E-state index < -0.39 is 16.9 Å². The summed E-state index contributed by atoms with van der Waals surface area (Å²) in [6.45, 7) is 6.86. The number of halogens is 4. The molecule has 1 saturated heterocycles. The van der Waals surface area contributed by atoms with Gasteiger partial charge in [0.15, 0.2) is 5.69 Å². The van der Waals surface area contributed by atoms with Gasteiger partial charge in [-0.05, 0) is 38.5 Å². The Labute approximate surface area is 166 Å². The molecule has 2 heterocycles. The second kappa shape index (κ2) is 7.66. The molecule has 0 N–H and O–H groups in total. The monoisotopic (exact) mass is 414 g/mol. The van der Waals surface area contributed by atoms with Crippen molar-refractivity contribution >= 4 is 23.2 Å². The molecule has 1 aliphatic heterocycles. The van der Waals surface area contributed by atoms with Gasteiger partial charge in [-0.3, -0.25) is 9.48 Å². The predicted molar refractivity (Wildman–Crippen MR) is 102 cm³/mol. The number of hydrogen-bond acceptors (Lipinski definition) is 3. The number of piperazine rings is 1. The molecule has 9 heteroatoms. The van der Waals surface area contributed by atoms with Gasteiger partial charge in [-0.1, -0.05) is 23.7 Å². The van der Waals surface area contributed by atoms with Crippen LogP contribution in [0.1, 0.15) is 23.9 Å². The molecule has 1 aliphatic rings. The Morgan fingerprint density at radius 1 is 1.29 bits per heavy atom. The molecule has 0 bridgehead atoms. The summed E-state index contributed by atoms with van der Waals surface area (Å²) < 4.78 is 39.9. The van der Waals surface area contributed by atoms with Gasteiger partial charge in [-0.25, -0.2) is 0 Å². The lowest BCUT2D eigenvalue weighted by atomic mass is 10.1. The molecule has 3 rings (SSSR count). The van der Waals surface area contributed by atoms with Crippen molar-refractivity contribution in [2.75, 3.05) is 24.5 Å². The van der Waals surface area contributed by atoms with E-state index in [-0.39, 0.29) is 24.2 Å². The second-order valence-corrected chi connectivity index (χ2v) is 7.50. The van der Waals surface area contributed by atoms with Crippen LogP contribution < -0.4 is 4.90 Å². The van der Waals surface area contributed by atoms with Gasteiger partial charge in [0.05, 0.1) is 10.7 Å². The summed E-state index contributed by atoms with van der Waals surface area (Å²) in [5.74, 6) is -0.272. The van der Waals surface area contributed by atoms with Crippen LogP contribution in [0.2, 0.25) is 5.02 Å². The molecule has 152 valence electrons. The van der Waals surface area contributed by atoms with E-state index in [4.69, 9.17) is 11.6 Å². The molecular formula is C19H22ClF3N4O. The number of carbonyl (C=O) groups excluding carboxylic acids is 1. The number of nitrogens with zero attached hydrogens (tertiary/aromatic N) is 4. The van der Waals surface area contributed by atoms with Crippen LogP contribution in [0, 0.1) is 13.8 Å². The number of hydrogen-bond donors (Lipinski definition) is 0. The van der Waals surface area contributed by atoms with Crippen molar-refractivity contribution < 1.29 is 18.0 Å². The molecular weight excluding hydrogens is 393 g/mol. The van der Waals surface area contributed by atoms with Crippen molar-refractivity contribution in [1.82, 2.24) is 14.7 Å². The van der Waals surface area contributed by atoms with Gasteiger partial charge in [0.1, 0.15) is 6.54 Å². The van der Waals surface area contributed by atoms with E-state index in [1.54, 1.807) is 4.90 Å². The van der Waals surface area contributed by atoms with Gasteiger partial charge in [-0.2, -0.15) is 18.3 Å². The Bertz CT molecular complexity index is 881. The summed E-state index contributed by atoms with van der Waals surface area (Å²) in [6.07, 6.45) is -4.65. The summed E-state index contributed by atoms with van der Waals surface area (Å²) in [6, 6.07) is 8.25. The van der Waals surface area contributed by atoms with Gasteiger partial charge >= 0.3 is 6.18 Å². The summed E-state index contributed by atoms with van der Waals surface area (Å²) >= 11 is 5.76. The van der Waals surface area contributed by atoms with Gasteiger partial charge in [0, 0.05) is 31.4 Å². The Kier molecular flexibility index (Phi) is 5.61. The normalized spacial score (nSPS) is 17.9. The van der Waals surface area contributed by atoms with E-state index >= 15 is 0 Å². The van der Waals surface area contributed by atoms with Crippen molar-refractivity contribution in [3.05, 3.63) is 46.2 Å². The first kappa shape index (κ1) is 20.5. The van der Waals surface area contributed by atoms with E-state index in [9.17, 15) is 18.0 Å². The van der Waals surface area contributed by atoms with Gasteiger partial charge in [-0.15, -0.1) is 0 Å². The first-order chi connectivity index (χ1) is 13.1. The van der Waals surface area contributed by atoms with Gasteiger partial charge in [0.25, 0.3) is 0 Å². The fraction of sp³-hybridized carbons (Fsp3) is 0.474. The van der Waals surface area contributed by atoms with Crippen LogP contribution in [0.4, 0.5) is 18.9 Å². The van der Waals surface area contributed by atoms with Crippen molar-refractivity contribution in [1.29, 1.82) is 0 Å². The van der Waals surface area contributed by atoms with E-state index in [0.29, 0.717) is 19.6 Å². The quantitative estimate of drug-likeness (QED) is 0.764. The zero-order valence-corrected chi connectivity index (χ0v) is 16.7. The molecule has 1 aromatic heterocycles. The minimum Gasteiger partial charge on any atom is -0.365 e. The smallest absolute Gasteiger partial charge is 0.365 e. The van der Waals surface area contributed by atoms with Crippen LogP contribution >= 0.6 is 11.6 Å². The number of benzene rings is 1. The molecule has 1 amide bonds. The maximum Gasteiger partial charge on any atom is 0.436 e. The molecule has 0 aliphatic carbocycles. The van der Waals surface area contributed by atoms with E-state index in [1.807, 2.05) is 32.0 Å². The average Bonchev–Trinajstić information content (AvgIpc) is 2.90. The zero-order valence-electron chi connectivity index (χ0n) is 15.9. The SMILES string of the molecule is Cc1cccc(N2CCN(C(=O)Cn3nc(C(F)(F)F)c(Cl)c3C)CC2C)c1. The van der Waals surface area contributed by atoms with Crippen LogP contribution in [-0.4, -0.2) is 46.3 Å². The molecule has 28 heavy (non-hydrogen) atoms. The van der Waals surface area contributed by atoms with E-state index in [0.717, 1.165) is 15.9 Å². The largest absolute Gasteiger partial charge is 0.436 e. The molecule has 0 radical (unpaired) electrons. The number of amides is 1. The predicted octanol–water partition coefficient (Wildman–Crippen LogP) is 3.91. The fourth-order valence-corrected chi connectivity index (χ4v) is 3.70. The average molecular weight is 415 g/mol. The second-order valence-electron chi connectivity index (χ2n) is 7.12. The first-order valence-electron chi connectivity index (χ1n) is 8.99. The Hall–Kier alpha value is -2.22. The molecule has 0 spiro atoms. The summed E-state index contributed by atoms with van der Waals surface area (Å²) in [5, 5.41) is 3.05. The molecule has 1 aromatic carbocycles. The van der Waals surface area contributed by atoms with Crippen LogP contribution in [0.25, 0.3) is 0 Å². The van der Waals surface area contributed by atoms with Crippen molar-refractivity contribution in [3.63, 3.8) is 0 Å². The van der Waals surface area contributed by atoms with Crippen molar-refractivity contribution in [2.45, 2.75) is 39.5 Å². The highest BCUT2D eigenvalue weighted by molar-refractivity contribution is 6.32. The van der Waals surface area contributed by atoms with Crippen molar-refractivity contribution in [3.8, 4) is 0 Å². The Morgan fingerprint density at radius 2 is 2.00 bits per heavy atom. The number of anilines is 1. The minimum absolute atomic E-state index is 0.0903. The highest BCUT2D eigenvalue weighted by Gasteiger charge is 2.38. The van der Waals surface area contributed by atoms with E-state index in [2.05, 4.69) is 16.1 Å². The highest BCUT2D eigenvalue weighted by atomic mass is 35.5. The number of carbonyl (C=O) groups is 1. The third-order valence-corrected chi connectivity index (χ3v) is 5.45. The number of rotatable bonds is 3. The standard InChI is InChI=1S/C19H22ClF3N4O/c1-12-5-4-6-15(9-12)26-8-7-25(10-13(26)2)16(28)11-27-14(3)17(20)18(24-27)19(21,22)23/h4-6,9,13H,7-8,10-11H2,1-3H3. The maximum absolute atomic E-state index is 13.0. The number of aromatic nitrogens is 2. The molecule has 2 aromatic rings. The number of alkyl halides is 3. The third kappa shape index (κ3) is 4.11. The van der Waals surface area contributed by atoms with Gasteiger partial charge in [0.2, 0.25) is 5.91 Å². The van der Waals surface area contributed by atoms with Crippen LogP contribution in [0.15, 0.2) is 24.3 Å². The molecule has 0 saturated carbocycles. The molecule has 1 atom stereocenters. The van der Waals surface area contributed by atoms with E-state index in [1.165, 1.54) is 6.92 Å². The summed E-state index contributed by atoms with van der Waals surface area (Å²) in [7, 11) is 0. The topological polar surface area (TPSA) is 41.4 Å².